The average Bonchev–Trinajstić information content (AvgIpc) is 1.81. The largest absolute Gasteiger partial charge is 0.394 e. The molecule has 0 unspecified atom stereocenters. The topological polar surface area (TPSA) is 593 Å². The normalized spacial score (nSPS) is 24.2. The predicted molar refractivity (Wildman–Crippen MR) is 409 cm³/mol. The molecule has 1 fully saturated rings. The highest BCUT2D eigenvalue weighted by Crippen LogP contribution is 2.24. The summed E-state index contributed by atoms with van der Waals surface area (Å²) in [5.74, 6) is -16.8. The van der Waals surface area contributed by atoms with Gasteiger partial charge in [-0.15, -0.1) is 0 Å². The lowest BCUT2D eigenvalue weighted by atomic mass is 10.00. The van der Waals surface area contributed by atoms with Crippen molar-refractivity contribution >= 4 is 121 Å². The lowest BCUT2D eigenvalue weighted by molar-refractivity contribution is -0.138. The fraction of sp³-hybridized carbons (Fsp3) is 0.438. The third kappa shape index (κ3) is 28.7. The van der Waals surface area contributed by atoms with E-state index < -0.39 is 210 Å². The summed E-state index contributed by atoms with van der Waals surface area (Å²) in [7, 11) is 1.62. The quantitative estimate of drug-likeness (QED) is 0.0227. The Kier molecular flexibility index (Phi) is 35.7. The maximum atomic E-state index is 15.3. The lowest BCUT2D eigenvalue weighted by Gasteiger charge is -2.29. The number of rotatable bonds is 22. The van der Waals surface area contributed by atoms with Crippen molar-refractivity contribution in [1.29, 1.82) is 0 Å². The smallest absolute Gasteiger partial charge is 0.245 e. The first-order chi connectivity index (χ1) is 52.8. The Morgan fingerprint density at radius 1 is 0.495 bits per heavy atom. The zero-order valence-electron chi connectivity index (χ0n) is 61.5. The van der Waals surface area contributed by atoms with Crippen LogP contribution in [-0.2, 0) is 97.6 Å². The number of primary amides is 2. The molecular formula is C73H98N18O18S2. The number of fused-ring (bicyclic) bond motifs is 1. The number of H-pyrrole nitrogens is 1. The number of para-hydroxylation sites is 1. The molecule has 0 saturated carbocycles. The van der Waals surface area contributed by atoms with Gasteiger partial charge in [0.15, 0.2) is 0 Å². The van der Waals surface area contributed by atoms with Crippen LogP contribution in [0.4, 0.5) is 0 Å². The van der Waals surface area contributed by atoms with Gasteiger partial charge in [0, 0.05) is 54.3 Å². The number of unbranched alkanes of at least 4 members (excludes halogenated alkanes) is 1. The van der Waals surface area contributed by atoms with Crippen LogP contribution < -0.4 is 92.1 Å². The first kappa shape index (κ1) is 88.9. The van der Waals surface area contributed by atoms with Crippen molar-refractivity contribution < 1.29 is 87.2 Å². The van der Waals surface area contributed by atoms with E-state index in [1.807, 2.05) is 0 Å². The zero-order chi connectivity index (χ0) is 81.4. The Bertz CT molecular complexity index is 4050. The molecule has 15 amide bonds. The van der Waals surface area contributed by atoms with Crippen LogP contribution in [0.15, 0.2) is 121 Å². The van der Waals surface area contributed by atoms with Crippen molar-refractivity contribution in [3.63, 3.8) is 0 Å². The van der Waals surface area contributed by atoms with Crippen LogP contribution in [0.5, 0.6) is 0 Å². The molecule has 1 aliphatic heterocycles. The number of nitrogens with two attached hydrogens (primary N) is 4. The van der Waals surface area contributed by atoms with Gasteiger partial charge in [-0.2, -0.15) is 0 Å². The van der Waals surface area contributed by atoms with Gasteiger partial charge in [0.1, 0.15) is 72.5 Å². The molecule has 1 aliphatic rings. The van der Waals surface area contributed by atoms with E-state index in [-0.39, 0.29) is 45.1 Å². The fourth-order valence-corrected chi connectivity index (χ4v) is 13.7. The maximum Gasteiger partial charge on any atom is 0.245 e. The SMILES string of the molecule is C[C@H](N)C(=O)NCC(=O)N[C@H]1CSSC[C@@H](C(N)=O)NC(=O)[C@H](CO)NC(=O)[C@H]([C@@H](C)O)NC(=O)[C@H](Cc2ccccc2)NC(=O)[C@H]([C@@H](C)O)NC(=O)[C@H](CCCCN)NC(=O)[C@H](Cc2c[nH]c3ccccc23)NC(=O)[C@H](Cc2ccccc2)NC(=O)[C@H](Cc2ccccc2)NC(=O)[C@H](CC(N)=O)NC(=O)[C@H](C)NC1=O. The van der Waals surface area contributed by atoms with E-state index in [4.69, 9.17) is 22.9 Å². The van der Waals surface area contributed by atoms with Crippen LogP contribution in [0.3, 0.4) is 0 Å². The van der Waals surface area contributed by atoms with E-state index in [0.717, 1.165) is 35.4 Å². The van der Waals surface area contributed by atoms with Crippen LogP contribution in [0.2, 0.25) is 0 Å². The van der Waals surface area contributed by atoms with E-state index in [1.54, 1.807) is 121 Å². The number of aliphatic hydroxyl groups excluding tert-OH is 3. The number of aliphatic hydroxyl groups is 3. The minimum atomic E-state index is -1.96. The molecular weight excluding hydrogens is 1480 g/mol. The van der Waals surface area contributed by atoms with Gasteiger partial charge in [-0.05, 0) is 81.8 Å². The number of aromatic nitrogens is 1. The van der Waals surface area contributed by atoms with E-state index in [2.05, 4.69) is 74.1 Å². The first-order valence-electron chi connectivity index (χ1n) is 35.7. The minimum absolute atomic E-state index is 0.137. The number of aromatic amines is 1. The Morgan fingerprint density at radius 2 is 0.919 bits per heavy atom. The molecule has 25 N–H and O–H groups in total. The fourth-order valence-electron chi connectivity index (χ4n) is 11.3. The van der Waals surface area contributed by atoms with Crippen molar-refractivity contribution in [3.05, 3.63) is 144 Å². The second-order valence-electron chi connectivity index (χ2n) is 26.5. The maximum absolute atomic E-state index is 15.3. The highest BCUT2D eigenvalue weighted by Gasteiger charge is 2.39. The number of carbonyl (C=O) groups is 15. The second kappa shape index (κ2) is 44.6. The van der Waals surface area contributed by atoms with Gasteiger partial charge in [-0.3, -0.25) is 71.9 Å². The summed E-state index contributed by atoms with van der Waals surface area (Å²) < 4.78 is 0. The van der Waals surface area contributed by atoms with Crippen molar-refractivity contribution in [2.24, 2.45) is 22.9 Å². The third-order valence-corrected chi connectivity index (χ3v) is 19.9. The number of amides is 15. The zero-order valence-corrected chi connectivity index (χ0v) is 63.1. The molecule has 6 rings (SSSR count). The summed E-state index contributed by atoms with van der Waals surface area (Å²) in [4.78, 5) is 215. The van der Waals surface area contributed by atoms with Crippen LogP contribution in [-0.4, -0.2) is 231 Å². The van der Waals surface area contributed by atoms with E-state index >= 15 is 14.4 Å². The van der Waals surface area contributed by atoms with Gasteiger partial charge in [0.25, 0.3) is 0 Å². The molecule has 38 heteroatoms. The molecule has 1 aromatic heterocycles. The van der Waals surface area contributed by atoms with Crippen LogP contribution >= 0.6 is 21.6 Å². The van der Waals surface area contributed by atoms with Gasteiger partial charge in [0.2, 0.25) is 88.6 Å². The minimum Gasteiger partial charge on any atom is -0.394 e. The second-order valence-corrected chi connectivity index (χ2v) is 29.1. The first-order valence-corrected chi connectivity index (χ1v) is 38.2. The highest BCUT2D eigenvalue weighted by atomic mass is 33.1. The average molecular weight is 1580 g/mol. The van der Waals surface area contributed by atoms with Gasteiger partial charge in [-0.25, -0.2) is 0 Å². The summed E-state index contributed by atoms with van der Waals surface area (Å²) >= 11 is 0. The number of benzene rings is 4. The summed E-state index contributed by atoms with van der Waals surface area (Å²) in [6, 6.07) is 10.2. The van der Waals surface area contributed by atoms with Gasteiger partial charge >= 0.3 is 0 Å². The number of hydrogen-bond acceptors (Lipinski definition) is 22. The number of hydrogen-bond donors (Lipinski definition) is 21. The van der Waals surface area contributed by atoms with E-state index in [9.17, 15) is 72.9 Å². The van der Waals surface area contributed by atoms with Crippen LogP contribution in [0.25, 0.3) is 10.9 Å². The molecule has 0 aliphatic carbocycles. The summed E-state index contributed by atoms with van der Waals surface area (Å²) in [5.41, 5.74) is 25.4. The van der Waals surface area contributed by atoms with Crippen molar-refractivity contribution in [3.8, 4) is 0 Å². The summed E-state index contributed by atoms with van der Waals surface area (Å²) in [6.45, 7) is 3.05. The molecule has 0 bridgehead atoms. The van der Waals surface area contributed by atoms with E-state index in [0.29, 0.717) is 39.6 Å². The van der Waals surface area contributed by atoms with Gasteiger partial charge < -0.3 is 112 Å². The third-order valence-electron chi connectivity index (χ3n) is 17.5. The number of nitrogens with one attached hydrogen (secondary N) is 14. The van der Waals surface area contributed by atoms with Crippen molar-refractivity contribution in [1.82, 2.24) is 74.1 Å². The van der Waals surface area contributed by atoms with Gasteiger partial charge in [-0.1, -0.05) is 131 Å². The Morgan fingerprint density at radius 3 is 1.40 bits per heavy atom. The number of carbonyl (C=O) groups excluding carboxylic acids is 15. The Balaban J connectivity index is 1.44. The molecule has 0 spiro atoms. The molecule has 15 atom stereocenters. The molecule has 36 nitrogen and oxygen atoms in total. The standard InChI is InChI=1S/C73H98N18O18S2/c1-38(75)62(98)79-34-58(96)81-56-37-111-110-36-55(61(77)97)89-70(106)54(35-92)88-73(109)60(41(4)94)91-69(105)51(30-44-22-12-7-13-23-44)87-72(108)59(40(3)93)90-64(100)48(26-16-17-27-74)82-67(103)52(31-45-33-78-47-25-15-14-24-46(45)47)86-66(102)50(29-43-20-10-6-11-21-43)84-65(101)49(28-42-18-8-5-9-19-42)85-68(104)53(32-57(76)95)83-63(99)39(2)80-71(56)107/h5-15,18-25,33,38-41,48-56,59-60,78,92-94H,16-17,26-32,34-37,74-75H2,1-4H3,(H2,76,95)(H2,77,97)(H,79,98)(H,80,107)(H,81,96)(H,82,103)(H,83,99)(H,84,101)(H,85,104)(H,86,102)(H,87,108)(H,88,109)(H,89,106)(H,90,100)(H,91,105)/t38-,39-,40+,41+,48-,49-,50-,51-,52-,53-,54-,55-,56-,59-,60-/m0/s1. The molecule has 0 radical (unpaired) electrons. The lowest BCUT2D eigenvalue weighted by Crippen LogP contribution is -2.63. The molecule has 111 heavy (non-hydrogen) atoms. The van der Waals surface area contributed by atoms with Crippen molar-refractivity contribution in [2.45, 2.75) is 170 Å². The molecule has 5 aromatic rings. The highest BCUT2D eigenvalue weighted by molar-refractivity contribution is 8.76. The summed E-state index contributed by atoms with van der Waals surface area (Å²) in [6.07, 6.45) is -3.57. The van der Waals surface area contributed by atoms with Gasteiger partial charge in [0.05, 0.1) is 37.8 Å². The van der Waals surface area contributed by atoms with Crippen molar-refractivity contribution in [2.75, 3.05) is 31.2 Å². The molecule has 2 heterocycles. The summed E-state index contributed by atoms with van der Waals surface area (Å²) in [5, 5.41) is 65.5. The molecule has 600 valence electrons. The Labute approximate surface area is 647 Å². The van der Waals surface area contributed by atoms with Crippen LogP contribution in [0.1, 0.15) is 75.6 Å². The van der Waals surface area contributed by atoms with E-state index in [1.165, 1.54) is 13.8 Å². The Hall–Kier alpha value is -11.0. The monoisotopic (exact) mass is 1580 g/mol. The molecule has 4 aromatic carbocycles. The van der Waals surface area contributed by atoms with Crippen LogP contribution in [0, 0.1) is 0 Å². The predicted octanol–water partition coefficient (Wildman–Crippen LogP) is -5.62. The molecule has 1 saturated heterocycles.